The number of alkyl halides is 1. The van der Waals surface area contributed by atoms with Crippen LogP contribution >= 0.6 is 15.9 Å². The Hall–Kier alpha value is -0.610. The Kier molecular flexibility index (Phi) is 5.01. The van der Waals surface area contributed by atoms with Gasteiger partial charge >= 0.3 is 0 Å². The van der Waals surface area contributed by atoms with Gasteiger partial charge in [0.25, 0.3) is 0 Å². The molecule has 2 nitrogen and oxygen atoms in total. The van der Waals surface area contributed by atoms with E-state index in [0.717, 1.165) is 35.7 Å². The second-order valence-corrected chi connectivity index (χ2v) is 5.78. The van der Waals surface area contributed by atoms with E-state index < -0.39 is 6.17 Å². The van der Waals surface area contributed by atoms with E-state index in [1.807, 2.05) is 18.2 Å². The molecule has 0 spiro atoms. The van der Waals surface area contributed by atoms with Crippen LogP contribution in [-0.2, 0) is 0 Å². The van der Waals surface area contributed by atoms with E-state index in [2.05, 4.69) is 26.6 Å². The summed E-state index contributed by atoms with van der Waals surface area (Å²) in [7, 11) is 0. The van der Waals surface area contributed by atoms with Gasteiger partial charge in [-0.25, -0.2) is 4.39 Å². The molecule has 0 bridgehead atoms. The molecule has 1 aliphatic rings. The fourth-order valence-electron chi connectivity index (χ4n) is 2.26. The minimum Gasteiger partial charge on any atom is -0.384 e. The van der Waals surface area contributed by atoms with Crippen molar-refractivity contribution in [2.45, 2.75) is 25.9 Å². The minimum atomic E-state index is -0.917. The molecule has 100 valence electrons. The van der Waals surface area contributed by atoms with E-state index in [-0.39, 0.29) is 0 Å². The zero-order chi connectivity index (χ0) is 13.0. The quantitative estimate of drug-likeness (QED) is 0.881. The molecule has 0 amide bonds. The van der Waals surface area contributed by atoms with E-state index in [4.69, 9.17) is 0 Å². The van der Waals surface area contributed by atoms with Crippen molar-refractivity contribution in [2.24, 2.45) is 5.92 Å². The maximum Gasteiger partial charge on any atom is 0.122 e. The highest BCUT2D eigenvalue weighted by molar-refractivity contribution is 9.10. The average molecular weight is 315 g/mol. The number of hydrogen-bond donors (Lipinski definition) is 2. The summed E-state index contributed by atoms with van der Waals surface area (Å²) < 4.78 is 14.1. The summed E-state index contributed by atoms with van der Waals surface area (Å²) in [6.45, 7) is 4.78. The van der Waals surface area contributed by atoms with Crippen LogP contribution in [0.3, 0.4) is 0 Å². The van der Waals surface area contributed by atoms with E-state index in [0.29, 0.717) is 5.56 Å². The summed E-state index contributed by atoms with van der Waals surface area (Å²) in [5.41, 5.74) is 1.77. The maximum atomic E-state index is 13.2. The van der Waals surface area contributed by atoms with Crippen LogP contribution in [0.4, 0.5) is 10.1 Å². The Bertz CT molecular complexity index is 389. The highest BCUT2D eigenvalue weighted by Gasteiger charge is 2.13. The van der Waals surface area contributed by atoms with Crippen LogP contribution in [0, 0.1) is 5.92 Å². The van der Waals surface area contributed by atoms with E-state index in [1.165, 1.54) is 12.8 Å². The van der Waals surface area contributed by atoms with Crippen LogP contribution in [0.1, 0.15) is 31.5 Å². The molecule has 1 saturated heterocycles. The van der Waals surface area contributed by atoms with E-state index in [1.54, 1.807) is 6.92 Å². The van der Waals surface area contributed by atoms with Crippen molar-refractivity contribution in [3.63, 3.8) is 0 Å². The van der Waals surface area contributed by atoms with Gasteiger partial charge in [0.15, 0.2) is 0 Å². The molecule has 1 fully saturated rings. The topological polar surface area (TPSA) is 24.1 Å². The van der Waals surface area contributed by atoms with E-state index >= 15 is 0 Å². The molecule has 0 radical (unpaired) electrons. The summed E-state index contributed by atoms with van der Waals surface area (Å²) in [5, 5.41) is 6.82. The first kappa shape index (κ1) is 13.8. The van der Waals surface area contributed by atoms with E-state index in [9.17, 15) is 4.39 Å². The number of hydrogen-bond acceptors (Lipinski definition) is 2. The molecule has 0 saturated carbocycles. The fraction of sp³-hybridized carbons (Fsp3) is 0.571. The number of nitrogens with one attached hydrogen (secondary N) is 2. The highest BCUT2D eigenvalue weighted by atomic mass is 79.9. The van der Waals surface area contributed by atoms with Crippen molar-refractivity contribution < 1.29 is 4.39 Å². The Morgan fingerprint density at radius 2 is 2.17 bits per heavy atom. The monoisotopic (exact) mass is 314 g/mol. The third-order valence-corrected chi connectivity index (χ3v) is 4.15. The Labute approximate surface area is 116 Å². The summed E-state index contributed by atoms with van der Waals surface area (Å²) in [5.74, 6) is 0.734. The van der Waals surface area contributed by atoms with Crippen molar-refractivity contribution in [2.75, 3.05) is 25.0 Å². The van der Waals surface area contributed by atoms with Crippen LogP contribution in [-0.4, -0.2) is 19.6 Å². The van der Waals surface area contributed by atoms with Crippen molar-refractivity contribution >= 4 is 21.6 Å². The number of piperidine rings is 1. The van der Waals surface area contributed by atoms with Gasteiger partial charge in [-0.3, -0.25) is 0 Å². The molecular weight excluding hydrogens is 295 g/mol. The third kappa shape index (κ3) is 3.69. The molecule has 18 heavy (non-hydrogen) atoms. The summed E-state index contributed by atoms with van der Waals surface area (Å²) >= 11 is 3.50. The molecule has 4 heteroatoms. The lowest BCUT2D eigenvalue weighted by atomic mass is 9.98. The summed E-state index contributed by atoms with van der Waals surface area (Å²) in [6.07, 6.45) is 1.54. The van der Waals surface area contributed by atoms with Gasteiger partial charge < -0.3 is 10.6 Å². The van der Waals surface area contributed by atoms with Gasteiger partial charge in [-0.2, -0.15) is 0 Å². The minimum absolute atomic E-state index is 0.717. The molecule has 1 aromatic carbocycles. The molecule has 1 unspecified atom stereocenters. The summed E-state index contributed by atoms with van der Waals surface area (Å²) in [6, 6.07) is 5.66. The lowest BCUT2D eigenvalue weighted by Crippen LogP contribution is -2.31. The molecular formula is C14H20BrFN2. The molecule has 1 heterocycles. The molecule has 2 rings (SSSR count). The van der Waals surface area contributed by atoms with Gasteiger partial charge in [0.05, 0.1) is 0 Å². The Morgan fingerprint density at radius 3 is 2.78 bits per heavy atom. The first-order valence-corrected chi connectivity index (χ1v) is 7.34. The van der Waals surface area contributed by atoms with Crippen LogP contribution in [0.15, 0.2) is 22.7 Å². The maximum absolute atomic E-state index is 13.2. The molecule has 1 aliphatic heterocycles. The number of benzene rings is 1. The van der Waals surface area contributed by atoms with Crippen LogP contribution in [0.2, 0.25) is 0 Å². The SMILES string of the molecule is CC(F)c1ccc(NCC2CCNCC2)c(Br)c1. The second-order valence-electron chi connectivity index (χ2n) is 4.93. The Morgan fingerprint density at radius 1 is 1.44 bits per heavy atom. The normalized spacial score (nSPS) is 18.6. The zero-order valence-electron chi connectivity index (χ0n) is 10.7. The standard InChI is InChI=1S/C14H20BrFN2/c1-10(16)12-2-3-14(13(15)8-12)18-9-11-4-6-17-7-5-11/h2-3,8,10-11,17-18H,4-7,9H2,1H3. The predicted molar refractivity (Wildman–Crippen MR) is 77.7 cm³/mol. The smallest absolute Gasteiger partial charge is 0.122 e. The molecule has 2 N–H and O–H groups in total. The Balaban J connectivity index is 1.92. The third-order valence-electron chi connectivity index (χ3n) is 3.49. The fourth-order valence-corrected chi connectivity index (χ4v) is 2.80. The summed E-state index contributed by atoms with van der Waals surface area (Å²) in [4.78, 5) is 0. The van der Waals surface area contributed by atoms with Gasteiger partial charge in [0.1, 0.15) is 6.17 Å². The largest absolute Gasteiger partial charge is 0.384 e. The number of rotatable bonds is 4. The average Bonchev–Trinajstić information content (AvgIpc) is 2.38. The highest BCUT2D eigenvalue weighted by Crippen LogP contribution is 2.28. The van der Waals surface area contributed by atoms with Crippen LogP contribution < -0.4 is 10.6 Å². The first-order valence-electron chi connectivity index (χ1n) is 6.55. The van der Waals surface area contributed by atoms with Crippen molar-refractivity contribution in [1.29, 1.82) is 0 Å². The molecule has 1 atom stereocenters. The number of halogens is 2. The van der Waals surface area contributed by atoms with Crippen molar-refractivity contribution in [1.82, 2.24) is 5.32 Å². The van der Waals surface area contributed by atoms with Crippen LogP contribution in [0.5, 0.6) is 0 Å². The van der Waals surface area contributed by atoms with Gasteiger partial charge in [-0.1, -0.05) is 6.07 Å². The van der Waals surface area contributed by atoms with Gasteiger partial charge in [0.2, 0.25) is 0 Å². The van der Waals surface area contributed by atoms with Crippen molar-refractivity contribution in [3.05, 3.63) is 28.2 Å². The lowest BCUT2D eigenvalue weighted by Gasteiger charge is -2.23. The van der Waals surface area contributed by atoms with Gasteiger partial charge in [-0.15, -0.1) is 0 Å². The van der Waals surface area contributed by atoms with Gasteiger partial charge in [0, 0.05) is 16.7 Å². The number of anilines is 1. The first-order chi connectivity index (χ1) is 8.66. The predicted octanol–water partition coefficient (Wildman–Crippen LogP) is 3.89. The molecule has 0 aromatic heterocycles. The molecule has 0 aliphatic carbocycles. The van der Waals surface area contributed by atoms with Crippen molar-refractivity contribution in [3.8, 4) is 0 Å². The lowest BCUT2D eigenvalue weighted by molar-refractivity contribution is 0.374. The zero-order valence-corrected chi connectivity index (χ0v) is 12.3. The van der Waals surface area contributed by atoms with Crippen LogP contribution in [0.25, 0.3) is 0 Å². The van der Waals surface area contributed by atoms with Gasteiger partial charge in [-0.05, 0) is 72.4 Å². The second kappa shape index (κ2) is 6.53. The molecule has 1 aromatic rings.